The maximum Gasteiger partial charge on any atom is 0.338 e. The summed E-state index contributed by atoms with van der Waals surface area (Å²) >= 11 is 1.32. The zero-order chi connectivity index (χ0) is 14.0. The highest BCUT2D eigenvalue weighted by Gasteiger charge is 2.31. The van der Waals surface area contributed by atoms with Gasteiger partial charge in [0.05, 0.1) is 17.6 Å². The number of carbonyl (C=O) groups is 2. The first kappa shape index (κ1) is 14.0. The van der Waals surface area contributed by atoms with E-state index in [0.717, 1.165) is 11.3 Å². The van der Waals surface area contributed by atoms with E-state index in [9.17, 15) is 9.59 Å². The van der Waals surface area contributed by atoms with Crippen molar-refractivity contribution in [3.05, 3.63) is 16.5 Å². The minimum atomic E-state index is -1.01. The molecule has 19 heavy (non-hydrogen) atoms. The molecule has 2 heterocycles. The number of carbonyl (C=O) groups excluding carboxylic acids is 1. The van der Waals surface area contributed by atoms with Crippen molar-refractivity contribution in [1.29, 1.82) is 0 Å². The molecule has 1 saturated heterocycles. The van der Waals surface area contributed by atoms with Crippen LogP contribution in [0.5, 0.6) is 0 Å². The van der Waals surface area contributed by atoms with Gasteiger partial charge < -0.3 is 15.2 Å². The van der Waals surface area contributed by atoms with Crippen molar-refractivity contribution in [1.82, 2.24) is 0 Å². The number of thiophene rings is 1. The van der Waals surface area contributed by atoms with Crippen molar-refractivity contribution in [3.63, 3.8) is 0 Å². The number of hydrogen-bond acceptors (Lipinski definition) is 4. The Kier molecular flexibility index (Phi) is 4.21. The topological polar surface area (TPSA) is 75.6 Å². The minimum Gasteiger partial charge on any atom is -0.478 e. The van der Waals surface area contributed by atoms with Crippen molar-refractivity contribution < 1.29 is 19.4 Å². The van der Waals surface area contributed by atoms with Crippen LogP contribution in [0.1, 0.15) is 35.5 Å². The quantitative estimate of drug-likeness (QED) is 0.889. The van der Waals surface area contributed by atoms with Gasteiger partial charge in [-0.05, 0) is 25.8 Å². The summed E-state index contributed by atoms with van der Waals surface area (Å²) in [6.07, 6.45) is 1.32. The van der Waals surface area contributed by atoms with Crippen molar-refractivity contribution in [2.24, 2.45) is 5.92 Å². The highest BCUT2D eigenvalue weighted by molar-refractivity contribution is 7.16. The van der Waals surface area contributed by atoms with Crippen molar-refractivity contribution in [2.45, 2.75) is 32.8 Å². The molecule has 1 aromatic rings. The number of amides is 1. The molecule has 0 saturated carbocycles. The average Bonchev–Trinajstić information content (AvgIpc) is 2.95. The van der Waals surface area contributed by atoms with Crippen molar-refractivity contribution >= 4 is 28.2 Å². The number of carboxylic acids is 1. The van der Waals surface area contributed by atoms with Crippen molar-refractivity contribution in [2.75, 3.05) is 11.9 Å². The molecule has 2 N–H and O–H groups in total. The second-order valence-electron chi connectivity index (χ2n) is 4.57. The number of rotatable bonds is 4. The van der Waals surface area contributed by atoms with E-state index < -0.39 is 5.97 Å². The highest BCUT2D eigenvalue weighted by atomic mass is 32.1. The van der Waals surface area contributed by atoms with Crippen LogP contribution in [-0.2, 0) is 16.0 Å². The molecule has 104 valence electrons. The standard InChI is InChI=1S/C13H17NO4S/c1-3-8-6-10(13(16)17)12(19-8)14-11(15)9-4-5-18-7(9)2/h6-7,9H,3-5H2,1-2H3,(H,14,15)(H,16,17). The molecule has 0 spiro atoms. The molecule has 2 rings (SSSR count). The fourth-order valence-corrected chi connectivity index (χ4v) is 3.14. The van der Waals surface area contributed by atoms with E-state index in [1.807, 2.05) is 13.8 Å². The molecule has 0 aromatic carbocycles. The van der Waals surface area contributed by atoms with Crippen LogP contribution >= 0.6 is 11.3 Å². The summed E-state index contributed by atoms with van der Waals surface area (Å²) < 4.78 is 5.35. The second-order valence-corrected chi connectivity index (χ2v) is 5.71. The molecule has 0 bridgehead atoms. The maximum absolute atomic E-state index is 12.1. The van der Waals surface area contributed by atoms with Gasteiger partial charge in [0.2, 0.25) is 5.91 Å². The molecule has 6 heteroatoms. The van der Waals surface area contributed by atoms with Crippen molar-refractivity contribution in [3.8, 4) is 0 Å². The number of anilines is 1. The average molecular weight is 283 g/mol. The van der Waals surface area contributed by atoms with Gasteiger partial charge in [-0.3, -0.25) is 4.79 Å². The Bertz CT molecular complexity index is 497. The van der Waals surface area contributed by atoms with Gasteiger partial charge >= 0.3 is 5.97 Å². The summed E-state index contributed by atoms with van der Waals surface area (Å²) in [4.78, 5) is 24.2. The summed E-state index contributed by atoms with van der Waals surface area (Å²) in [5.74, 6) is -1.37. The summed E-state index contributed by atoms with van der Waals surface area (Å²) in [7, 11) is 0. The predicted octanol–water partition coefficient (Wildman–Crippen LogP) is 2.37. The van der Waals surface area contributed by atoms with Gasteiger partial charge in [0, 0.05) is 11.5 Å². The fourth-order valence-electron chi connectivity index (χ4n) is 2.15. The number of aryl methyl sites for hydroxylation is 1. The van der Waals surface area contributed by atoms with Gasteiger partial charge in [0.25, 0.3) is 0 Å². The number of nitrogens with one attached hydrogen (secondary N) is 1. The van der Waals surface area contributed by atoms with E-state index in [4.69, 9.17) is 9.84 Å². The van der Waals surface area contributed by atoms with Crippen LogP contribution in [0, 0.1) is 5.92 Å². The molecule has 0 aliphatic carbocycles. The van der Waals surface area contributed by atoms with Crippen LogP contribution in [0.2, 0.25) is 0 Å². The second kappa shape index (κ2) is 5.71. The Hall–Kier alpha value is -1.40. The molecule has 1 aromatic heterocycles. The molecule has 1 aliphatic rings. The predicted molar refractivity (Wildman–Crippen MR) is 72.8 cm³/mol. The first-order valence-electron chi connectivity index (χ1n) is 6.31. The normalized spacial score (nSPS) is 22.4. The third-order valence-electron chi connectivity index (χ3n) is 3.31. The third kappa shape index (κ3) is 2.96. The van der Waals surface area contributed by atoms with E-state index in [-0.39, 0.29) is 23.5 Å². The molecular weight excluding hydrogens is 266 g/mol. The lowest BCUT2D eigenvalue weighted by Gasteiger charge is -2.13. The van der Waals surface area contributed by atoms with Crippen LogP contribution in [-0.4, -0.2) is 29.7 Å². The van der Waals surface area contributed by atoms with Gasteiger partial charge in [-0.15, -0.1) is 11.3 Å². The monoisotopic (exact) mass is 283 g/mol. The highest BCUT2D eigenvalue weighted by Crippen LogP contribution is 2.30. The van der Waals surface area contributed by atoms with Gasteiger partial charge in [-0.2, -0.15) is 0 Å². The van der Waals surface area contributed by atoms with Crippen LogP contribution < -0.4 is 5.32 Å². The Morgan fingerprint density at radius 1 is 1.58 bits per heavy atom. The molecule has 0 radical (unpaired) electrons. The van der Waals surface area contributed by atoms with Crippen LogP contribution in [0.25, 0.3) is 0 Å². The number of carboxylic acid groups (broad SMARTS) is 1. The van der Waals surface area contributed by atoms with E-state index >= 15 is 0 Å². The first-order valence-corrected chi connectivity index (χ1v) is 7.13. The lowest BCUT2D eigenvalue weighted by molar-refractivity contribution is -0.121. The lowest BCUT2D eigenvalue weighted by atomic mass is 10.0. The molecule has 2 unspecified atom stereocenters. The molecular formula is C13H17NO4S. The minimum absolute atomic E-state index is 0.112. The largest absolute Gasteiger partial charge is 0.478 e. The van der Waals surface area contributed by atoms with Gasteiger partial charge in [-0.1, -0.05) is 6.92 Å². The smallest absolute Gasteiger partial charge is 0.338 e. The summed E-state index contributed by atoms with van der Waals surface area (Å²) in [5, 5.41) is 12.3. The van der Waals surface area contributed by atoms with Crippen LogP contribution in [0.3, 0.4) is 0 Å². The molecule has 1 amide bonds. The Balaban J connectivity index is 2.16. The molecule has 5 nitrogen and oxygen atoms in total. The fraction of sp³-hybridized carbons (Fsp3) is 0.538. The molecule has 2 atom stereocenters. The maximum atomic E-state index is 12.1. The number of aromatic carboxylic acids is 1. The van der Waals surface area contributed by atoms with Crippen LogP contribution in [0.4, 0.5) is 5.00 Å². The SMILES string of the molecule is CCc1cc(C(=O)O)c(NC(=O)C2CCOC2C)s1. The van der Waals surface area contributed by atoms with Crippen LogP contribution in [0.15, 0.2) is 6.07 Å². The Labute approximate surface area is 115 Å². The van der Waals surface area contributed by atoms with Gasteiger partial charge in [0.1, 0.15) is 5.00 Å². The molecule has 1 aliphatic heterocycles. The van der Waals surface area contributed by atoms with E-state index in [2.05, 4.69) is 5.32 Å². The van der Waals surface area contributed by atoms with E-state index in [1.165, 1.54) is 11.3 Å². The van der Waals surface area contributed by atoms with E-state index in [1.54, 1.807) is 6.07 Å². The lowest BCUT2D eigenvalue weighted by Crippen LogP contribution is -2.27. The summed E-state index contributed by atoms with van der Waals surface area (Å²) in [6, 6.07) is 1.62. The van der Waals surface area contributed by atoms with E-state index in [0.29, 0.717) is 18.0 Å². The third-order valence-corrected chi connectivity index (χ3v) is 4.51. The van der Waals surface area contributed by atoms with Gasteiger partial charge in [-0.25, -0.2) is 4.79 Å². The number of ether oxygens (including phenoxy) is 1. The Morgan fingerprint density at radius 2 is 2.32 bits per heavy atom. The number of hydrogen-bond donors (Lipinski definition) is 2. The Morgan fingerprint density at radius 3 is 2.84 bits per heavy atom. The summed E-state index contributed by atoms with van der Waals surface area (Å²) in [5.41, 5.74) is 0.168. The first-order chi connectivity index (χ1) is 9.02. The van der Waals surface area contributed by atoms with Gasteiger partial charge in [0.15, 0.2) is 0 Å². The molecule has 1 fully saturated rings. The summed E-state index contributed by atoms with van der Waals surface area (Å²) in [6.45, 7) is 4.40. The zero-order valence-electron chi connectivity index (χ0n) is 10.9. The zero-order valence-corrected chi connectivity index (χ0v) is 11.8.